The number of rotatable bonds is 7. The van der Waals surface area contributed by atoms with E-state index in [2.05, 4.69) is 38.2 Å². The first-order chi connectivity index (χ1) is 8.04. The van der Waals surface area contributed by atoms with Gasteiger partial charge in [-0.25, -0.2) is 0 Å². The van der Waals surface area contributed by atoms with Gasteiger partial charge in [-0.3, -0.25) is 0 Å². The van der Waals surface area contributed by atoms with Gasteiger partial charge in [0.2, 0.25) is 0 Å². The Morgan fingerprint density at radius 1 is 1.06 bits per heavy atom. The number of hydrogen-bond donors (Lipinski definition) is 1. The highest BCUT2D eigenvalue weighted by molar-refractivity contribution is 7.12. The summed E-state index contributed by atoms with van der Waals surface area (Å²) in [6, 6.07) is 4.62. The molecule has 0 aromatic carbocycles. The minimum atomic E-state index is 0.315. The van der Waals surface area contributed by atoms with Crippen LogP contribution in [0, 0.1) is 0 Å². The number of hydrogen-bond acceptors (Lipinski definition) is 2. The van der Waals surface area contributed by atoms with E-state index < -0.39 is 0 Å². The molecule has 0 radical (unpaired) electrons. The van der Waals surface area contributed by atoms with Crippen molar-refractivity contribution in [2.24, 2.45) is 0 Å². The van der Waals surface area contributed by atoms with Crippen LogP contribution in [0.1, 0.15) is 56.2 Å². The Morgan fingerprint density at radius 2 is 1.76 bits per heavy atom. The van der Waals surface area contributed by atoms with Gasteiger partial charge in [-0.2, -0.15) is 0 Å². The van der Waals surface area contributed by atoms with E-state index in [4.69, 9.17) is 0 Å². The summed E-state index contributed by atoms with van der Waals surface area (Å²) in [6.07, 6.45) is 6.64. The third-order valence-electron chi connectivity index (χ3n) is 3.00. The van der Waals surface area contributed by atoms with Crippen molar-refractivity contribution in [3.05, 3.63) is 21.9 Å². The highest BCUT2D eigenvalue weighted by Gasteiger charge is 2.15. The fourth-order valence-corrected chi connectivity index (χ4v) is 2.98. The van der Waals surface area contributed by atoms with Crippen molar-refractivity contribution in [1.82, 2.24) is 5.32 Å². The standard InChI is InChI=1S/C15H27NS/c1-15(2,3)14-11-10-13(17-14)9-7-5-6-8-12-16-4/h10-11,16H,5-9,12H2,1-4H3. The van der Waals surface area contributed by atoms with Crippen LogP contribution in [0.3, 0.4) is 0 Å². The molecule has 1 rings (SSSR count). The molecule has 98 valence electrons. The molecule has 0 spiro atoms. The molecule has 0 aliphatic carbocycles. The molecule has 0 aliphatic heterocycles. The lowest BCUT2D eigenvalue weighted by Crippen LogP contribution is -2.07. The van der Waals surface area contributed by atoms with Crippen molar-refractivity contribution in [3.8, 4) is 0 Å². The van der Waals surface area contributed by atoms with E-state index in [0.29, 0.717) is 5.41 Å². The van der Waals surface area contributed by atoms with Crippen LogP contribution in [0.15, 0.2) is 12.1 Å². The lowest BCUT2D eigenvalue weighted by molar-refractivity contribution is 0.604. The Kier molecular flexibility index (Phi) is 6.21. The van der Waals surface area contributed by atoms with E-state index in [9.17, 15) is 0 Å². The molecule has 0 atom stereocenters. The average Bonchev–Trinajstić information content (AvgIpc) is 2.71. The molecule has 1 aromatic rings. The molecule has 0 unspecified atom stereocenters. The van der Waals surface area contributed by atoms with E-state index in [1.165, 1.54) is 37.0 Å². The summed E-state index contributed by atoms with van der Waals surface area (Å²) in [6.45, 7) is 8.04. The normalized spacial score (nSPS) is 12.0. The zero-order valence-corrected chi connectivity index (χ0v) is 12.6. The van der Waals surface area contributed by atoms with E-state index in [-0.39, 0.29) is 0 Å². The number of nitrogens with one attached hydrogen (secondary N) is 1. The van der Waals surface area contributed by atoms with Gasteiger partial charge in [0.1, 0.15) is 0 Å². The molecule has 1 heterocycles. The van der Waals surface area contributed by atoms with Crippen molar-refractivity contribution >= 4 is 11.3 Å². The summed E-state index contributed by atoms with van der Waals surface area (Å²) in [5.74, 6) is 0. The molecule has 1 N–H and O–H groups in total. The Hall–Kier alpha value is -0.340. The molecule has 2 heteroatoms. The van der Waals surface area contributed by atoms with Gasteiger partial charge >= 0.3 is 0 Å². The Morgan fingerprint density at radius 3 is 2.35 bits per heavy atom. The maximum atomic E-state index is 3.20. The second-order valence-corrected chi connectivity index (χ2v) is 6.95. The van der Waals surface area contributed by atoms with Crippen molar-refractivity contribution in [2.75, 3.05) is 13.6 Å². The summed E-state index contributed by atoms with van der Waals surface area (Å²) in [5.41, 5.74) is 0.315. The van der Waals surface area contributed by atoms with Gasteiger partial charge in [0.15, 0.2) is 0 Å². The first-order valence-corrected chi connectivity index (χ1v) is 7.59. The number of thiophene rings is 1. The third kappa shape index (κ3) is 5.69. The topological polar surface area (TPSA) is 12.0 Å². The molecule has 0 saturated heterocycles. The lowest BCUT2D eigenvalue weighted by Gasteiger charge is -2.15. The first kappa shape index (κ1) is 14.7. The van der Waals surface area contributed by atoms with Crippen LogP contribution in [0.25, 0.3) is 0 Å². The van der Waals surface area contributed by atoms with Crippen molar-refractivity contribution in [3.63, 3.8) is 0 Å². The van der Waals surface area contributed by atoms with Gasteiger partial charge in [0.25, 0.3) is 0 Å². The lowest BCUT2D eigenvalue weighted by atomic mass is 9.95. The monoisotopic (exact) mass is 253 g/mol. The van der Waals surface area contributed by atoms with Crippen LogP contribution in [0.5, 0.6) is 0 Å². The largest absolute Gasteiger partial charge is 0.320 e. The van der Waals surface area contributed by atoms with E-state index >= 15 is 0 Å². The van der Waals surface area contributed by atoms with Crippen LogP contribution in [-0.2, 0) is 11.8 Å². The van der Waals surface area contributed by atoms with Gasteiger partial charge in [-0.1, -0.05) is 33.6 Å². The molecule has 1 nitrogen and oxygen atoms in total. The Labute approximate surface area is 111 Å². The van der Waals surface area contributed by atoms with Crippen LogP contribution in [0.4, 0.5) is 0 Å². The smallest absolute Gasteiger partial charge is 0.0102 e. The fraction of sp³-hybridized carbons (Fsp3) is 0.733. The zero-order valence-electron chi connectivity index (χ0n) is 11.8. The minimum absolute atomic E-state index is 0.315. The van der Waals surface area contributed by atoms with Gasteiger partial charge in [-0.05, 0) is 50.4 Å². The first-order valence-electron chi connectivity index (χ1n) is 6.78. The summed E-state index contributed by atoms with van der Waals surface area (Å²) in [4.78, 5) is 3.08. The summed E-state index contributed by atoms with van der Waals surface area (Å²) < 4.78 is 0. The van der Waals surface area contributed by atoms with E-state index in [1.807, 2.05) is 18.4 Å². The molecule has 1 aromatic heterocycles. The zero-order chi connectivity index (χ0) is 12.7. The number of aryl methyl sites for hydroxylation is 1. The highest BCUT2D eigenvalue weighted by atomic mass is 32.1. The Bertz CT molecular complexity index is 309. The van der Waals surface area contributed by atoms with Gasteiger partial charge in [0, 0.05) is 9.75 Å². The van der Waals surface area contributed by atoms with Crippen molar-refractivity contribution in [2.45, 2.75) is 58.3 Å². The molecular formula is C15H27NS. The van der Waals surface area contributed by atoms with Gasteiger partial charge in [-0.15, -0.1) is 11.3 Å². The predicted octanol–water partition coefficient (Wildman–Crippen LogP) is 4.37. The van der Waals surface area contributed by atoms with E-state index in [1.54, 1.807) is 4.88 Å². The SMILES string of the molecule is CNCCCCCCc1ccc(C(C)(C)C)s1. The van der Waals surface area contributed by atoms with Crippen LogP contribution in [0.2, 0.25) is 0 Å². The van der Waals surface area contributed by atoms with Crippen molar-refractivity contribution in [1.29, 1.82) is 0 Å². The molecule has 0 aliphatic rings. The molecule has 0 fully saturated rings. The number of unbranched alkanes of at least 4 members (excludes halogenated alkanes) is 3. The second kappa shape index (κ2) is 7.17. The summed E-state index contributed by atoms with van der Waals surface area (Å²) in [5, 5.41) is 3.20. The predicted molar refractivity (Wildman–Crippen MR) is 79.1 cm³/mol. The fourth-order valence-electron chi connectivity index (χ4n) is 1.87. The Balaban J connectivity index is 2.21. The maximum absolute atomic E-state index is 3.20. The van der Waals surface area contributed by atoms with Crippen LogP contribution < -0.4 is 5.32 Å². The average molecular weight is 253 g/mol. The summed E-state index contributed by atoms with van der Waals surface area (Å²) >= 11 is 2.00. The molecule has 0 saturated carbocycles. The molecule has 0 amide bonds. The van der Waals surface area contributed by atoms with Gasteiger partial charge in [0.05, 0.1) is 0 Å². The quantitative estimate of drug-likeness (QED) is 0.712. The molecular weight excluding hydrogens is 226 g/mol. The second-order valence-electron chi connectivity index (χ2n) is 5.78. The maximum Gasteiger partial charge on any atom is 0.0102 e. The van der Waals surface area contributed by atoms with Crippen LogP contribution >= 0.6 is 11.3 Å². The van der Waals surface area contributed by atoms with Crippen molar-refractivity contribution < 1.29 is 0 Å². The summed E-state index contributed by atoms with van der Waals surface area (Å²) in [7, 11) is 2.03. The molecule has 0 bridgehead atoms. The van der Waals surface area contributed by atoms with Crippen LogP contribution in [-0.4, -0.2) is 13.6 Å². The van der Waals surface area contributed by atoms with E-state index in [0.717, 1.165) is 6.54 Å². The third-order valence-corrected chi connectivity index (χ3v) is 4.57. The highest BCUT2D eigenvalue weighted by Crippen LogP contribution is 2.30. The molecule has 17 heavy (non-hydrogen) atoms. The minimum Gasteiger partial charge on any atom is -0.320 e. The van der Waals surface area contributed by atoms with Gasteiger partial charge < -0.3 is 5.32 Å².